The third-order valence-electron chi connectivity index (χ3n) is 5.37. The van der Waals surface area contributed by atoms with Crippen LogP contribution in [-0.4, -0.2) is 34.6 Å². The molecule has 12 heteroatoms. The van der Waals surface area contributed by atoms with Crippen molar-refractivity contribution in [2.45, 2.75) is 38.5 Å². The molecule has 0 saturated heterocycles. The average Bonchev–Trinajstić information content (AvgIpc) is 3.15. The molecular formula is C24H23ClN6O4S. The van der Waals surface area contributed by atoms with Crippen molar-refractivity contribution in [2.75, 3.05) is 11.3 Å². The van der Waals surface area contributed by atoms with Crippen molar-refractivity contribution in [1.29, 1.82) is 5.26 Å². The number of imidazole rings is 1. The Hall–Kier alpha value is -3.88. The lowest BCUT2D eigenvalue weighted by Crippen LogP contribution is -2.17. The molecule has 10 nitrogen and oxygen atoms in total. The van der Waals surface area contributed by atoms with E-state index in [1.165, 1.54) is 40.9 Å². The van der Waals surface area contributed by atoms with E-state index in [0.717, 1.165) is 6.42 Å². The number of sulfonamides is 1. The minimum atomic E-state index is -4.06. The fraction of sp³-hybridized carbons (Fsp3) is 0.250. The fourth-order valence-corrected chi connectivity index (χ4v) is 5.07. The van der Waals surface area contributed by atoms with Crippen LogP contribution < -0.4 is 15.0 Å². The minimum Gasteiger partial charge on any atom is -0.493 e. The number of ether oxygens (including phenoxy) is 1. The van der Waals surface area contributed by atoms with E-state index in [1.54, 1.807) is 13.8 Å². The van der Waals surface area contributed by atoms with E-state index >= 15 is 0 Å². The van der Waals surface area contributed by atoms with Gasteiger partial charge in [-0.25, -0.2) is 17.9 Å². The van der Waals surface area contributed by atoms with Crippen LogP contribution in [0.25, 0.3) is 16.9 Å². The van der Waals surface area contributed by atoms with Gasteiger partial charge in [0.05, 0.1) is 39.0 Å². The van der Waals surface area contributed by atoms with Gasteiger partial charge in [0, 0.05) is 6.42 Å². The third-order valence-corrected chi connectivity index (χ3v) is 7.07. The number of hydrogen-bond acceptors (Lipinski definition) is 7. The molecule has 0 radical (unpaired) electrons. The van der Waals surface area contributed by atoms with Crippen LogP contribution in [0, 0.1) is 18.3 Å². The number of rotatable bonds is 8. The van der Waals surface area contributed by atoms with Gasteiger partial charge in [0.2, 0.25) is 0 Å². The van der Waals surface area contributed by atoms with E-state index in [9.17, 15) is 13.2 Å². The maximum Gasteiger partial charge on any atom is 0.277 e. The van der Waals surface area contributed by atoms with Crippen LogP contribution in [0.1, 0.15) is 37.4 Å². The molecule has 0 bridgehead atoms. The fourth-order valence-electron chi connectivity index (χ4n) is 3.77. The number of halogens is 1. The molecular weight excluding hydrogens is 504 g/mol. The second kappa shape index (κ2) is 10.0. The number of nitrogens with zero attached hydrogens (tertiary/aromatic N) is 4. The molecule has 0 aliphatic rings. The van der Waals surface area contributed by atoms with Crippen LogP contribution in [0.2, 0.25) is 5.02 Å². The van der Waals surface area contributed by atoms with Gasteiger partial charge in [-0.2, -0.15) is 5.26 Å². The lowest BCUT2D eigenvalue weighted by Gasteiger charge is -2.14. The number of nitriles is 1. The Morgan fingerprint density at radius 3 is 2.67 bits per heavy atom. The Labute approximate surface area is 212 Å². The SMILES string of the molecule is CCCc1nc(C)c2c(=O)[nH]c(-c3cc(S(=O)(=O)Nc4ccc(C#N)c(Cl)c4)ccc3OCC)nn12. The summed E-state index contributed by atoms with van der Waals surface area (Å²) in [6, 6.07) is 10.4. The summed E-state index contributed by atoms with van der Waals surface area (Å²) in [7, 11) is -4.06. The molecule has 36 heavy (non-hydrogen) atoms. The summed E-state index contributed by atoms with van der Waals surface area (Å²) in [6.45, 7) is 5.85. The summed E-state index contributed by atoms with van der Waals surface area (Å²) in [5, 5.41) is 13.7. The lowest BCUT2D eigenvalue weighted by atomic mass is 10.2. The van der Waals surface area contributed by atoms with Gasteiger partial charge in [0.1, 0.15) is 17.6 Å². The highest BCUT2D eigenvalue weighted by Crippen LogP contribution is 2.31. The third kappa shape index (κ3) is 4.78. The van der Waals surface area contributed by atoms with Gasteiger partial charge in [0.15, 0.2) is 11.3 Å². The maximum atomic E-state index is 13.2. The highest BCUT2D eigenvalue weighted by atomic mass is 35.5. The number of nitrogens with one attached hydrogen (secondary N) is 2. The quantitative estimate of drug-likeness (QED) is 0.352. The Kier molecular flexibility index (Phi) is 7.01. The topological polar surface area (TPSA) is 142 Å². The van der Waals surface area contributed by atoms with Gasteiger partial charge in [-0.3, -0.25) is 9.52 Å². The van der Waals surface area contributed by atoms with Crippen LogP contribution in [0.15, 0.2) is 46.1 Å². The molecule has 4 aromatic rings. The van der Waals surface area contributed by atoms with E-state index in [-0.39, 0.29) is 27.0 Å². The number of H-pyrrole nitrogens is 1. The highest BCUT2D eigenvalue weighted by molar-refractivity contribution is 7.92. The van der Waals surface area contributed by atoms with E-state index in [1.807, 2.05) is 13.0 Å². The normalized spacial score (nSPS) is 11.4. The molecule has 2 aromatic carbocycles. The number of aromatic amines is 1. The van der Waals surface area contributed by atoms with Gasteiger partial charge in [0.25, 0.3) is 15.6 Å². The number of benzene rings is 2. The molecule has 4 rings (SSSR count). The zero-order chi connectivity index (χ0) is 26.0. The summed E-state index contributed by atoms with van der Waals surface area (Å²) < 4.78 is 36.0. The smallest absolute Gasteiger partial charge is 0.277 e. The summed E-state index contributed by atoms with van der Waals surface area (Å²) >= 11 is 6.04. The summed E-state index contributed by atoms with van der Waals surface area (Å²) in [6.07, 6.45) is 1.43. The second-order valence-corrected chi connectivity index (χ2v) is 10.0. The monoisotopic (exact) mass is 526 g/mol. The van der Waals surface area contributed by atoms with Gasteiger partial charge in [-0.15, -0.1) is 5.10 Å². The van der Waals surface area contributed by atoms with Crippen molar-refractivity contribution in [2.24, 2.45) is 0 Å². The van der Waals surface area contributed by atoms with Gasteiger partial charge >= 0.3 is 0 Å². The van der Waals surface area contributed by atoms with E-state index in [0.29, 0.717) is 41.4 Å². The zero-order valence-electron chi connectivity index (χ0n) is 19.8. The Balaban J connectivity index is 1.83. The lowest BCUT2D eigenvalue weighted by molar-refractivity contribution is 0.341. The summed E-state index contributed by atoms with van der Waals surface area (Å²) in [5.41, 5.74) is 1.22. The van der Waals surface area contributed by atoms with Crippen LogP contribution in [-0.2, 0) is 16.4 Å². The maximum absolute atomic E-state index is 13.2. The number of aryl methyl sites for hydroxylation is 2. The molecule has 0 aliphatic carbocycles. The van der Waals surface area contributed by atoms with Gasteiger partial charge < -0.3 is 9.72 Å². The predicted molar refractivity (Wildman–Crippen MR) is 136 cm³/mol. The average molecular weight is 527 g/mol. The number of aromatic nitrogens is 4. The molecule has 0 fully saturated rings. The van der Waals surface area contributed by atoms with E-state index < -0.39 is 15.6 Å². The molecule has 0 saturated carbocycles. The van der Waals surface area contributed by atoms with Crippen molar-refractivity contribution in [3.63, 3.8) is 0 Å². The summed E-state index contributed by atoms with van der Waals surface area (Å²) in [4.78, 5) is 20.0. The number of hydrogen-bond donors (Lipinski definition) is 2. The predicted octanol–water partition coefficient (Wildman–Crippen LogP) is 4.07. The molecule has 2 heterocycles. The Morgan fingerprint density at radius 1 is 1.22 bits per heavy atom. The van der Waals surface area contributed by atoms with Crippen LogP contribution >= 0.6 is 11.6 Å². The second-order valence-electron chi connectivity index (χ2n) is 7.93. The molecule has 0 unspecified atom stereocenters. The van der Waals surface area contributed by atoms with Crippen LogP contribution in [0.3, 0.4) is 0 Å². The van der Waals surface area contributed by atoms with Crippen molar-refractivity contribution in [3.05, 3.63) is 68.9 Å². The first kappa shape index (κ1) is 25.2. The van der Waals surface area contributed by atoms with Crippen molar-refractivity contribution >= 4 is 32.8 Å². The van der Waals surface area contributed by atoms with Gasteiger partial charge in [-0.1, -0.05) is 18.5 Å². The number of anilines is 1. The van der Waals surface area contributed by atoms with Crippen LogP contribution in [0.5, 0.6) is 5.75 Å². The first-order valence-corrected chi connectivity index (χ1v) is 13.0. The molecule has 2 aromatic heterocycles. The van der Waals surface area contributed by atoms with Gasteiger partial charge in [-0.05, 0) is 56.7 Å². The first-order chi connectivity index (χ1) is 17.2. The largest absolute Gasteiger partial charge is 0.493 e. The molecule has 186 valence electrons. The van der Waals surface area contributed by atoms with Crippen LogP contribution in [0.4, 0.5) is 5.69 Å². The molecule has 0 atom stereocenters. The van der Waals surface area contributed by atoms with E-state index in [2.05, 4.69) is 19.8 Å². The molecule has 0 aliphatic heterocycles. The molecule has 0 amide bonds. The van der Waals surface area contributed by atoms with E-state index in [4.69, 9.17) is 21.6 Å². The molecule has 0 spiro atoms. The van der Waals surface area contributed by atoms with Crippen molar-refractivity contribution in [1.82, 2.24) is 19.6 Å². The Morgan fingerprint density at radius 2 is 2.00 bits per heavy atom. The zero-order valence-corrected chi connectivity index (χ0v) is 21.4. The highest BCUT2D eigenvalue weighted by Gasteiger charge is 2.21. The Bertz CT molecular complexity index is 1670. The first-order valence-electron chi connectivity index (χ1n) is 11.2. The minimum absolute atomic E-state index is 0.0835. The summed E-state index contributed by atoms with van der Waals surface area (Å²) in [5.74, 6) is 1.14. The number of fused-ring (bicyclic) bond motifs is 1. The van der Waals surface area contributed by atoms with Crippen molar-refractivity contribution < 1.29 is 13.2 Å². The van der Waals surface area contributed by atoms with Crippen molar-refractivity contribution in [3.8, 4) is 23.2 Å². The standard InChI is InChI=1S/C24H23ClN6O4S/c1-4-6-21-27-14(3)22-24(32)28-23(29-31(21)22)18-12-17(9-10-20(18)35-5-2)36(33,34)30-16-8-7-15(13-26)19(25)11-16/h7-12,30H,4-6H2,1-3H3,(H,28,29,32). The molecule has 2 N–H and O–H groups in total.